The molecule has 0 aromatic carbocycles. The summed E-state index contributed by atoms with van der Waals surface area (Å²) in [5.74, 6) is 1.99. The van der Waals surface area contributed by atoms with Crippen molar-refractivity contribution in [2.75, 3.05) is 6.54 Å². The lowest BCUT2D eigenvalue weighted by molar-refractivity contribution is -0.128. The van der Waals surface area contributed by atoms with E-state index in [4.69, 9.17) is 5.73 Å². The van der Waals surface area contributed by atoms with Gasteiger partial charge in [0.1, 0.15) is 0 Å². The normalized spacial score (nSPS) is 33.8. The van der Waals surface area contributed by atoms with Crippen LogP contribution < -0.4 is 11.1 Å². The summed E-state index contributed by atoms with van der Waals surface area (Å²) in [7, 11) is 0. The quantitative estimate of drug-likeness (QED) is 0.789. The van der Waals surface area contributed by atoms with E-state index in [-0.39, 0.29) is 23.3 Å². The molecule has 0 radical (unpaired) electrons. The third kappa shape index (κ3) is 2.65. The molecule has 3 nitrogen and oxygen atoms in total. The molecule has 0 heterocycles. The third-order valence-electron chi connectivity index (χ3n) is 4.67. The van der Waals surface area contributed by atoms with Crippen LogP contribution in [0.2, 0.25) is 0 Å². The predicted octanol–water partition coefficient (Wildman–Crippen LogP) is 1.91. The molecule has 2 saturated carbocycles. The Morgan fingerprint density at radius 1 is 1.35 bits per heavy atom. The molecule has 3 heteroatoms. The molecule has 17 heavy (non-hydrogen) atoms. The summed E-state index contributed by atoms with van der Waals surface area (Å²) >= 11 is 0. The Labute approximate surface area is 105 Å². The Morgan fingerprint density at radius 2 is 2.06 bits per heavy atom. The number of carbonyl (C=O) groups excluding carboxylic acids is 1. The molecule has 0 spiro atoms. The first-order valence-corrected chi connectivity index (χ1v) is 6.92. The maximum absolute atomic E-state index is 12.3. The van der Waals surface area contributed by atoms with E-state index in [9.17, 15) is 4.79 Å². The van der Waals surface area contributed by atoms with Crippen LogP contribution >= 0.6 is 0 Å². The average molecular weight is 238 g/mol. The summed E-state index contributed by atoms with van der Waals surface area (Å²) in [5.41, 5.74) is 5.81. The highest BCUT2D eigenvalue weighted by Gasteiger charge is 2.43. The summed E-state index contributed by atoms with van der Waals surface area (Å²) in [4.78, 5) is 12.3. The highest BCUT2D eigenvalue weighted by atomic mass is 16.2. The molecule has 3 N–H and O–H groups in total. The van der Waals surface area contributed by atoms with E-state index >= 15 is 0 Å². The lowest BCUT2D eigenvalue weighted by Crippen LogP contribution is -2.50. The van der Waals surface area contributed by atoms with E-state index in [0.29, 0.717) is 12.5 Å². The first-order chi connectivity index (χ1) is 7.91. The number of fused-ring (bicyclic) bond motifs is 2. The summed E-state index contributed by atoms with van der Waals surface area (Å²) in [6, 6.07) is 0.0918. The van der Waals surface area contributed by atoms with Gasteiger partial charge in [-0.3, -0.25) is 4.79 Å². The molecule has 0 aromatic rings. The molecule has 4 atom stereocenters. The molecule has 2 fully saturated rings. The van der Waals surface area contributed by atoms with Crippen molar-refractivity contribution in [1.29, 1.82) is 0 Å². The summed E-state index contributed by atoms with van der Waals surface area (Å²) in [6.45, 7) is 6.92. The zero-order valence-electron chi connectivity index (χ0n) is 11.3. The molecule has 2 rings (SSSR count). The smallest absolute Gasteiger partial charge is 0.223 e. The van der Waals surface area contributed by atoms with Gasteiger partial charge in [-0.1, -0.05) is 27.2 Å². The van der Waals surface area contributed by atoms with Crippen molar-refractivity contribution in [2.24, 2.45) is 28.9 Å². The van der Waals surface area contributed by atoms with E-state index < -0.39 is 0 Å². The summed E-state index contributed by atoms with van der Waals surface area (Å²) < 4.78 is 0. The second-order valence-corrected chi connectivity index (χ2v) is 6.94. The van der Waals surface area contributed by atoms with Crippen LogP contribution in [0.25, 0.3) is 0 Å². The maximum atomic E-state index is 12.3. The van der Waals surface area contributed by atoms with Gasteiger partial charge in [0.05, 0.1) is 0 Å². The van der Waals surface area contributed by atoms with Crippen LogP contribution in [0, 0.1) is 23.2 Å². The SMILES string of the molecule is CC(C)(C)C(CN)NC(=O)C1CC2CCC1C2. The van der Waals surface area contributed by atoms with Crippen molar-refractivity contribution in [3.8, 4) is 0 Å². The van der Waals surface area contributed by atoms with E-state index in [2.05, 4.69) is 26.1 Å². The molecule has 0 aromatic heterocycles. The Kier molecular flexibility index (Phi) is 3.48. The van der Waals surface area contributed by atoms with E-state index in [1.165, 1.54) is 19.3 Å². The standard InChI is InChI=1S/C14H26N2O/c1-14(2,3)12(8-15)16-13(17)11-7-9-4-5-10(11)6-9/h9-12H,4-8,15H2,1-3H3,(H,16,17). The Bertz CT molecular complexity index is 295. The number of nitrogens with one attached hydrogen (secondary N) is 1. The fourth-order valence-electron chi connectivity index (χ4n) is 3.47. The average Bonchev–Trinajstić information content (AvgIpc) is 2.85. The van der Waals surface area contributed by atoms with Gasteiger partial charge >= 0.3 is 0 Å². The Balaban J connectivity index is 1.92. The van der Waals surface area contributed by atoms with Gasteiger partial charge in [0.2, 0.25) is 5.91 Å². The predicted molar refractivity (Wildman–Crippen MR) is 69.4 cm³/mol. The van der Waals surface area contributed by atoms with Crippen LogP contribution in [0.1, 0.15) is 46.5 Å². The molecular formula is C14H26N2O. The van der Waals surface area contributed by atoms with Crippen molar-refractivity contribution in [1.82, 2.24) is 5.32 Å². The number of hydrogen-bond donors (Lipinski definition) is 2. The highest BCUT2D eigenvalue weighted by Crippen LogP contribution is 2.48. The second kappa shape index (κ2) is 4.60. The van der Waals surface area contributed by atoms with E-state index in [1.54, 1.807) is 0 Å². The number of carbonyl (C=O) groups is 1. The van der Waals surface area contributed by atoms with Crippen LogP contribution in [-0.2, 0) is 4.79 Å². The third-order valence-corrected chi connectivity index (χ3v) is 4.67. The summed E-state index contributed by atoms with van der Waals surface area (Å²) in [5, 5.41) is 3.17. The minimum Gasteiger partial charge on any atom is -0.351 e. The van der Waals surface area contributed by atoms with Crippen molar-refractivity contribution >= 4 is 5.91 Å². The van der Waals surface area contributed by atoms with Gasteiger partial charge in [-0.05, 0) is 36.5 Å². The Hall–Kier alpha value is -0.570. The van der Waals surface area contributed by atoms with Crippen LogP contribution in [-0.4, -0.2) is 18.5 Å². The molecule has 2 aliphatic carbocycles. The fraction of sp³-hybridized carbons (Fsp3) is 0.929. The number of rotatable bonds is 3. The lowest BCUT2D eigenvalue weighted by Gasteiger charge is -2.32. The fourth-order valence-corrected chi connectivity index (χ4v) is 3.47. The van der Waals surface area contributed by atoms with Gasteiger partial charge in [-0.2, -0.15) is 0 Å². The van der Waals surface area contributed by atoms with E-state index in [1.807, 2.05) is 0 Å². The van der Waals surface area contributed by atoms with Gasteiger partial charge in [-0.15, -0.1) is 0 Å². The zero-order chi connectivity index (χ0) is 12.6. The monoisotopic (exact) mass is 238 g/mol. The highest BCUT2D eigenvalue weighted by molar-refractivity contribution is 5.79. The van der Waals surface area contributed by atoms with Crippen molar-refractivity contribution in [3.63, 3.8) is 0 Å². The molecule has 2 bridgehead atoms. The van der Waals surface area contributed by atoms with Gasteiger partial charge < -0.3 is 11.1 Å². The zero-order valence-corrected chi connectivity index (χ0v) is 11.3. The minimum absolute atomic E-state index is 0.0437. The van der Waals surface area contributed by atoms with Crippen LogP contribution in [0.3, 0.4) is 0 Å². The van der Waals surface area contributed by atoms with Crippen LogP contribution in [0.15, 0.2) is 0 Å². The number of nitrogens with two attached hydrogens (primary N) is 1. The van der Waals surface area contributed by atoms with Crippen molar-refractivity contribution in [3.05, 3.63) is 0 Å². The first kappa shape index (κ1) is 12.9. The Morgan fingerprint density at radius 3 is 2.47 bits per heavy atom. The van der Waals surface area contributed by atoms with Gasteiger partial charge in [0.25, 0.3) is 0 Å². The van der Waals surface area contributed by atoms with Crippen LogP contribution in [0.4, 0.5) is 0 Å². The minimum atomic E-state index is 0.0437. The molecule has 0 aliphatic heterocycles. The molecular weight excluding hydrogens is 212 g/mol. The second-order valence-electron chi connectivity index (χ2n) is 6.94. The lowest BCUT2D eigenvalue weighted by atomic mass is 9.84. The number of hydrogen-bond acceptors (Lipinski definition) is 2. The molecule has 98 valence electrons. The molecule has 1 amide bonds. The van der Waals surface area contributed by atoms with Gasteiger partial charge in [-0.25, -0.2) is 0 Å². The first-order valence-electron chi connectivity index (χ1n) is 6.92. The number of amides is 1. The molecule has 4 unspecified atom stereocenters. The van der Waals surface area contributed by atoms with Crippen molar-refractivity contribution in [2.45, 2.75) is 52.5 Å². The molecule has 2 aliphatic rings. The van der Waals surface area contributed by atoms with E-state index in [0.717, 1.165) is 12.3 Å². The summed E-state index contributed by atoms with van der Waals surface area (Å²) in [6.07, 6.45) is 4.98. The van der Waals surface area contributed by atoms with Gasteiger partial charge in [0.15, 0.2) is 0 Å². The van der Waals surface area contributed by atoms with Gasteiger partial charge in [0, 0.05) is 18.5 Å². The molecule has 0 saturated heterocycles. The van der Waals surface area contributed by atoms with Crippen molar-refractivity contribution < 1.29 is 4.79 Å². The maximum Gasteiger partial charge on any atom is 0.223 e. The topological polar surface area (TPSA) is 55.1 Å². The van der Waals surface area contributed by atoms with Crippen LogP contribution in [0.5, 0.6) is 0 Å². The largest absolute Gasteiger partial charge is 0.351 e.